The van der Waals surface area contributed by atoms with Crippen LogP contribution in [0.1, 0.15) is 39.0 Å². The van der Waals surface area contributed by atoms with Crippen LogP contribution < -0.4 is 5.32 Å². The quantitative estimate of drug-likeness (QED) is 0.732. The molecule has 2 unspecified atom stereocenters. The van der Waals surface area contributed by atoms with Crippen molar-refractivity contribution in [1.29, 1.82) is 0 Å². The van der Waals surface area contributed by atoms with Crippen LogP contribution in [0.3, 0.4) is 0 Å². The molecular formula is C12H24N2O. The summed E-state index contributed by atoms with van der Waals surface area (Å²) in [7, 11) is 0. The van der Waals surface area contributed by atoms with Crippen molar-refractivity contribution in [3.05, 3.63) is 0 Å². The van der Waals surface area contributed by atoms with E-state index >= 15 is 0 Å². The molecule has 1 aliphatic heterocycles. The topological polar surface area (TPSA) is 35.5 Å². The molecule has 1 saturated carbocycles. The third-order valence-corrected chi connectivity index (χ3v) is 3.87. The van der Waals surface area contributed by atoms with Gasteiger partial charge in [-0.15, -0.1) is 0 Å². The van der Waals surface area contributed by atoms with Gasteiger partial charge in [0.1, 0.15) is 0 Å². The van der Waals surface area contributed by atoms with Crippen molar-refractivity contribution < 1.29 is 5.11 Å². The summed E-state index contributed by atoms with van der Waals surface area (Å²) in [6.45, 7) is 5.09. The fraction of sp³-hybridized carbons (Fsp3) is 1.00. The number of nitrogens with zero attached hydrogens (tertiary/aromatic N) is 1. The zero-order valence-electron chi connectivity index (χ0n) is 9.78. The molecule has 2 atom stereocenters. The van der Waals surface area contributed by atoms with E-state index in [0.29, 0.717) is 12.1 Å². The number of likely N-dealkylation sites (tertiary alicyclic amines) is 1. The molecule has 0 aromatic rings. The van der Waals surface area contributed by atoms with Crippen molar-refractivity contribution in [2.24, 2.45) is 0 Å². The van der Waals surface area contributed by atoms with E-state index in [9.17, 15) is 5.11 Å². The molecule has 2 fully saturated rings. The Morgan fingerprint density at radius 1 is 1.20 bits per heavy atom. The third-order valence-electron chi connectivity index (χ3n) is 3.87. The molecule has 0 bridgehead atoms. The molecule has 0 radical (unpaired) electrons. The van der Waals surface area contributed by atoms with Crippen molar-refractivity contribution in [2.45, 2.75) is 57.2 Å². The maximum atomic E-state index is 9.92. The number of nitrogens with one attached hydrogen (secondary N) is 1. The van der Waals surface area contributed by atoms with E-state index in [0.717, 1.165) is 19.6 Å². The second kappa shape index (κ2) is 5.28. The molecule has 0 spiro atoms. The molecular weight excluding hydrogens is 188 g/mol. The van der Waals surface area contributed by atoms with Gasteiger partial charge in [-0.2, -0.15) is 0 Å². The molecule has 2 N–H and O–H groups in total. The highest BCUT2D eigenvalue weighted by atomic mass is 16.3. The number of hydrogen-bond acceptors (Lipinski definition) is 3. The number of β-amino-alcohol motifs (C(OH)–C–C–N with tert-alkyl or cyclic N) is 1. The first-order chi connectivity index (χ1) is 7.29. The lowest BCUT2D eigenvalue weighted by atomic mass is 9.94. The first kappa shape index (κ1) is 11.4. The first-order valence-corrected chi connectivity index (χ1v) is 6.46. The van der Waals surface area contributed by atoms with Crippen LogP contribution >= 0.6 is 0 Å². The van der Waals surface area contributed by atoms with Crippen LogP contribution in [-0.4, -0.2) is 47.8 Å². The van der Waals surface area contributed by atoms with Gasteiger partial charge < -0.3 is 10.4 Å². The number of hydrogen-bond donors (Lipinski definition) is 2. The Morgan fingerprint density at radius 2 is 1.93 bits per heavy atom. The molecule has 88 valence electrons. The lowest BCUT2D eigenvalue weighted by molar-refractivity contribution is 0.145. The molecule has 0 aromatic heterocycles. The van der Waals surface area contributed by atoms with E-state index in [1.54, 1.807) is 0 Å². The molecule has 3 heteroatoms. The van der Waals surface area contributed by atoms with Gasteiger partial charge in [-0.1, -0.05) is 26.2 Å². The minimum Gasteiger partial charge on any atom is -0.390 e. The normalized spacial score (nSPS) is 34.8. The van der Waals surface area contributed by atoms with Crippen molar-refractivity contribution in [3.8, 4) is 0 Å². The summed E-state index contributed by atoms with van der Waals surface area (Å²) in [4.78, 5) is 2.32. The predicted octanol–water partition coefficient (Wildman–Crippen LogP) is 0.974. The van der Waals surface area contributed by atoms with E-state index in [1.807, 2.05) is 0 Å². The first-order valence-electron chi connectivity index (χ1n) is 6.46. The van der Waals surface area contributed by atoms with Gasteiger partial charge in [-0.3, -0.25) is 4.90 Å². The minimum atomic E-state index is -0.160. The molecule has 3 nitrogen and oxygen atoms in total. The highest BCUT2D eigenvalue weighted by molar-refractivity contribution is 4.91. The minimum absolute atomic E-state index is 0.160. The van der Waals surface area contributed by atoms with Crippen LogP contribution in [0.15, 0.2) is 0 Å². The van der Waals surface area contributed by atoms with E-state index in [2.05, 4.69) is 17.1 Å². The number of likely N-dealkylation sites (N-methyl/N-ethyl adjacent to an activating group) is 1. The van der Waals surface area contributed by atoms with Gasteiger partial charge in [0.25, 0.3) is 0 Å². The van der Waals surface area contributed by atoms with Gasteiger partial charge in [0.05, 0.1) is 6.10 Å². The van der Waals surface area contributed by atoms with Crippen molar-refractivity contribution in [2.75, 3.05) is 19.6 Å². The van der Waals surface area contributed by atoms with E-state index in [4.69, 9.17) is 0 Å². The highest BCUT2D eigenvalue weighted by Crippen LogP contribution is 2.19. The summed E-state index contributed by atoms with van der Waals surface area (Å²) in [5.41, 5.74) is 0. The van der Waals surface area contributed by atoms with Crippen LogP contribution in [0.2, 0.25) is 0 Å². The molecule has 2 aliphatic rings. The molecule has 0 amide bonds. The largest absolute Gasteiger partial charge is 0.390 e. The van der Waals surface area contributed by atoms with Crippen LogP contribution in [0.4, 0.5) is 0 Å². The van der Waals surface area contributed by atoms with E-state index < -0.39 is 0 Å². The predicted molar refractivity (Wildman–Crippen MR) is 61.9 cm³/mol. The molecule has 15 heavy (non-hydrogen) atoms. The molecule has 1 heterocycles. The van der Waals surface area contributed by atoms with Gasteiger partial charge in [-0.25, -0.2) is 0 Å². The third kappa shape index (κ3) is 2.92. The molecule has 2 rings (SSSR count). The number of rotatable bonds is 3. The summed E-state index contributed by atoms with van der Waals surface area (Å²) in [6.07, 6.45) is 6.56. The van der Waals surface area contributed by atoms with Gasteiger partial charge in [-0.05, 0) is 19.4 Å². The molecule has 1 saturated heterocycles. The Bertz CT molecular complexity index is 192. The van der Waals surface area contributed by atoms with Gasteiger partial charge >= 0.3 is 0 Å². The van der Waals surface area contributed by atoms with Gasteiger partial charge in [0.2, 0.25) is 0 Å². The smallest absolute Gasteiger partial charge is 0.0832 e. The van der Waals surface area contributed by atoms with Crippen molar-refractivity contribution >= 4 is 0 Å². The maximum absolute atomic E-state index is 9.92. The zero-order valence-corrected chi connectivity index (χ0v) is 9.78. The zero-order chi connectivity index (χ0) is 10.7. The second-order valence-corrected chi connectivity index (χ2v) is 5.03. The van der Waals surface area contributed by atoms with Gasteiger partial charge in [0.15, 0.2) is 0 Å². The van der Waals surface area contributed by atoms with E-state index in [-0.39, 0.29) is 6.10 Å². The fourth-order valence-corrected chi connectivity index (χ4v) is 2.86. The monoisotopic (exact) mass is 212 g/mol. The summed E-state index contributed by atoms with van der Waals surface area (Å²) < 4.78 is 0. The Labute approximate surface area is 92.8 Å². The van der Waals surface area contributed by atoms with Crippen LogP contribution in [-0.2, 0) is 0 Å². The Hall–Kier alpha value is -0.120. The van der Waals surface area contributed by atoms with Crippen LogP contribution in [0, 0.1) is 0 Å². The molecule has 1 aliphatic carbocycles. The Balaban J connectivity index is 1.78. The van der Waals surface area contributed by atoms with Crippen LogP contribution in [0.5, 0.6) is 0 Å². The lowest BCUT2D eigenvalue weighted by Crippen LogP contribution is -2.45. The lowest BCUT2D eigenvalue weighted by Gasteiger charge is -2.27. The van der Waals surface area contributed by atoms with E-state index in [1.165, 1.54) is 32.1 Å². The standard InChI is InChI=1S/C12H24N2O/c1-2-14-8-11(12(15)9-14)13-10-6-4-3-5-7-10/h10-13,15H,2-9H2,1H3. The highest BCUT2D eigenvalue weighted by Gasteiger charge is 2.31. The van der Waals surface area contributed by atoms with Crippen molar-refractivity contribution in [1.82, 2.24) is 10.2 Å². The second-order valence-electron chi connectivity index (χ2n) is 5.03. The average Bonchev–Trinajstić information content (AvgIpc) is 2.61. The van der Waals surface area contributed by atoms with Crippen LogP contribution in [0.25, 0.3) is 0 Å². The van der Waals surface area contributed by atoms with Crippen molar-refractivity contribution in [3.63, 3.8) is 0 Å². The number of aliphatic hydroxyl groups is 1. The summed E-state index contributed by atoms with van der Waals surface area (Å²) >= 11 is 0. The average molecular weight is 212 g/mol. The molecule has 0 aromatic carbocycles. The fourth-order valence-electron chi connectivity index (χ4n) is 2.86. The SMILES string of the molecule is CCN1CC(O)C(NC2CCCCC2)C1. The maximum Gasteiger partial charge on any atom is 0.0832 e. The number of aliphatic hydroxyl groups excluding tert-OH is 1. The summed E-state index contributed by atoms with van der Waals surface area (Å²) in [5.74, 6) is 0. The summed E-state index contributed by atoms with van der Waals surface area (Å²) in [5, 5.41) is 13.6. The van der Waals surface area contributed by atoms with Gasteiger partial charge in [0, 0.05) is 25.2 Å². The summed E-state index contributed by atoms with van der Waals surface area (Å²) in [6, 6.07) is 0.975. The Morgan fingerprint density at radius 3 is 2.53 bits per heavy atom. The Kier molecular flexibility index (Phi) is 4.00.